The molecule has 0 spiro atoms. The lowest BCUT2D eigenvalue weighted by molar-refractivity contribution is -0.136. The number of primary amides is 1. The number of carbonyl (C=O) groups is 3. The molecule has 1 saturated carbocycles. The normalized spacial score (nSPS) is 26.0. The average Bonchev–Trinajstić information content (AvgIpc) is 2.82. The van der Waals surface area contributed by atoms with Gasteiger partial charge in [-0.1, -0.05) is 19.1 Å². The number of allylic oxidation sites excluding steroid dienone is 1. The number of hydrogen-bond acceptors (Lipinski definition) is 8. The molecule has 4 rings (SSSR count). The summed E-state index contributed by atoms with van der Waals surface area (Å²) in [5.74, 6) is -5.83. The number of ketones is 2. The van der Waals surface area contributed by atoms with E-state index in [1.54, 1.807) is 25.1 Å². The summed E-state index contributed by atoms with van der Waals surface area (Å²) in [5, 5.41) is 33.3. The second-order valence-corrected chi connectivity index (χ2v) is 10.8. The number of alkyl halides is 1. The highest BCUT2D eigenvalue weighted by Gasteiger charge is 2.55. The summed E-state index contributed by atoms with van der Waals surface area (Å²) in [6.45, 7) is 4.91. The Morgan fingerprint density at radius 1 is 1.18 bits per heavy atom. The maximum Gasteiger partial charge on any atom is 0.255 e. The van der Waals surface area contributed by atoms with Gasteiger partial charge in [-0.25, -0.2) is 4.39 Å². The molecular weight excluding hydrogens is 493 g/mol. The summed E-state index contributed by atoms with van der Waals surface area (Å²) in [5.41, 5.74) is 6.24. The number of nitrogens with zero attached hydrogens (tertiary/aromatic N) is 2. The van der Waals surface area contributed by atoms with E-state index < -0.39 is 58.8 Å². The molecule has 38 heavy (non-hydrogen) atoms. The number of rotatable bonds is 8. The molecule has 5 N–H and O–H groups in total. The van der Waals surface area contributed by atoms with E-state index in [9.17, 15) is 34.1 Å². The number of aliphatic hydroxyl groups excluding tert-OH is 2. The average molecular weight is 530 g/mol. The van der Waals surface area contributed by atoms with Gasteiger partial charge in [-0.3, -0.25) is 24.2 Å². The number of aromatic hydroxyl groups is 1. The van der Waals surface area contributed by atoms with Crippen molar-refractivity contribution in [3.63, 3.8) is 0 Å². The van der Waals surface area contributed by atoms with E-state index >= 15 is 0 Å². The van der Waals surface area contributed by atoms with Crippen molar-refractivity contribution in [2.75, 3.05) is 27.2 Å². The van der Waals surface area contributed by atoms with Crippen LogP contribution in [-0.2, 0) is 27.3 Å². The zero-order valence-corrected chi connectivity index (χ0v) is 22.2. The standard InChI is InChI=1S/C28H36FN3O6/c1-5-32(9-8-13(2)29)12-15-7-6-14-10-16-11-17-20(25(35)19(16)24(34)18(14)23(15)33)26(36)21(28(30)38)27(37)22(17)31(3)4/h6-7,13,16-17,20,22,33-34,37H,5,8-12H2,1-4H3,(H2,30,38)/t13?,16-,17+,20?,22-/m0/s1. The molecule has 0 radical (unpaired) electrons. The topological polar surface area (TPSA) is 144 Å². The second-order valence-electron chi connectivity index (χ2n) is 10.8. The quantitative estimate of drug-likeness (QED) is 0.297. The molecule has 1 aromatic carbocycles. The van der Waals surface area contributed by atoms with Gasteiger partial charge in [0.15, 0.2) is 11.6 Å². The van der Waals surface area contributed by atoms with Crippen molar-refractivity contribution in [1.29, 1.82) is 0 Å². The molecule has 0 bridgehead atoms. The number of hydrogen-bond donors (Lipinski definition) is 4. The van der Waals surface area contributed by atoms with Crippen molar-refractivity contribution in [2.45, 2.75) is 51.9 Å². The van der Waals surface area contributed by atoms with Gasteiger partial charge in [-0.2, -0.15) is 0 Å². The summed E-state index contributed by atoms with van der Waals surface area (Å²) >= 11 is 0. The molecule has 3 aliphatic rings. The lowest BCUT2D eigenvalue weighted by Crippen LogP contribution is -2.55. The van der Waals surface area contributed by atoms with Gasteiger partial charge in [0.25, 0.3) is 5.91 Å². The Bertz CT molecular complexity index is 1240. The molecule has 2 unspecified atom stereocenters. The third-order valence-electron chi connectivity index (χ3n) is 8.20. The second kappa shape index (κ2) is 10.5. The molecular formula is C28H36FN3O6. The summed E-state index contributed by atoms with van der Waals surface area (Å²) in [7, 11) is 3.37. The lowest BCUT2D eigenvalue weighted by atomic mass is 9.59. The van der Waals surface area contributed by atoms with Gasteiger partial charge in [-0.05, 0) is 64.2 Å². The summed E-state index contributed by atoms with van der Waals surface area (Å²) in [6.07, 6.45) is 0.0744. The van der Waals surface area contributed by atoms with E-state index in [4.69, 9.17) is 5.73 Å². The Hall–Kier alpha value is -3.24. The number of phenols is 1. The Balaban J connectivity index is 1.75. The smallest absolute Gasteiger partial charge is 0.255 e. The van der Waals surface area contributed by atoms with Crippen molar-refractivity contribution >= 4 is 23.2 Å². The highest BCUT2D eigenvalue weighted by atomic mass is 19.1. The highest BCUT2D eigenvalue weighted by Crippen LogP contribution is 2.50. The van der Waals surface area contributed by atoms with Gasteiger partial charge in [0.2, 0.25) is 0 Å². The minimum atomic E-state index is -1.28. The fourth-order valence-electron chi connectivity index (χ4n) is 6.36. The SMILES string of the molecule is CCN(CCC(C)F)Cc1ccc2c(c1O)C(O)=C1C(=O)C3C(=O)C(C(N)=O)=C(O)[C@@H](N(C)C)[C@@H]3C[C@@H]1C2. The first-order valence-corrected chi connectivity index (χ1v) is 13.0. The molecule has 5 atom stereocenters. The van der Waals surface area contributed by atoms with Crippen LogP contribution in [0.15, 0.2) is 29.0 Å². The number of carbonyl (C=O) groups excluding carboxylic acids is 3. The monoisotopic (exact) mass is 529 g/mol. The number of fused-ring (bicyclic) bond motifs is 3. The zero-order valence-electron chi connectivity index (χ0n) is 22.2. The third-order valence-corrected chi connectivity index (χ3v) is 8.20. The predicted molar refractivity (Wildman–Crippen MR) is 139 cm³/mol. The minimum absolute atomic E-state index is 0.0564. The number of phenolic OH excluding ortho intramolecular Hbond substituents is 1. The fourth-order valence-corrected chi connectivity index (χ4v) is 6.36. The molecule has 0 aliphatic heterocycles. The van der Waals surface area contributed by atoms with Crippen LogP contribution in [-0.4, -0.2) is 82.0 Å². The number of amides is 1. The van der Waals surface area contributed by atoms with Crippen LogP contribution < -0.4 is 5.73 Å². The van der Waals surface area contributed by atoms with Crippen LogP contribution in [0, 0.1) is 17.8 Å². The molecule has 206 valence electrons. The Kier molecular flexibility index (Phi) is 7.67. The van der Waals surface area contributed by atoms with Crippen molar-refractivity contribution in [2.24, 2.45) is 23.5 Å². The lowest BCUT2D eigenvalue weighted by Gasteiger charge is -2.46. The maximum absolute atomic E-state index is 13.8. The number of likely N-dealkylation sites (N-methyl/N-ethyl adjacent to an activating group) is 1. The van der Waals surface area contributed by atoms with Gasteiger partial charge >= 0.3 is 0 Å². The van der Waals surface area contributed by atoms with E-state index in [1.165, 1.54) is 6.92 Å². The van der Waals surface area contributed by atoms with Crippen LogP contribution in [0.1, 0.15) is 43.4 Å². The number of benzene rings is 1. The maximum atomic E-state index is 13.8. The highest BCUT2D eigenvalue weighted by molar-refractivity contribution is 6.28. The van der Waals surface area contributed by atoms with Crippen molar-refractivity contribution in [3.05, 3.63) is 45.7 Å². The first-order chi connectivity index (χ1) is 17.9. The Morgan fingerprint density at radius 3 is 2.45 bits per heavy atom. The van der Waals surface area contributed by atoms with E-state index in [0.29, 0.717) is 50.0 Å². The van der Waals surface area contributed by atoms with E-state index in [2.05, 4.69) is 0 Å². The number of halogens is 1. The van der Waals surface area contributed by atoms with Gasteiger partial charge in [0.1, 0.15) is 22.8 Å². The molecule has 1 amide bonds. The molecule has 9 nitrogen and oxygen atoms in total. The molecule has 10 heteroatoms. The van der Waals surface area contributed by atoms with E-state index in [-0.39, 0.29) is 22.6 Å². The third kappa shape index (κ3) is 4.60. The van der Waals surface area contributed by atoms with E-state index in [0.717, 1.165) is 0 Å². The van der Waals surface area contributed by atoms with Gasteiger partial charge in [0, 0.05) is 24.2 Å². The molecule has 0 heterocycles. The van der Waals surface area contributed by atoms with Crippen LogP contribution in [0.3, 0.4) is 0 Å². The summed E-state index contributed by atoms with van der Waals surface area (Å²) in [4.78, 5) is 42.7. The van der Waals surface area contributed by atoms with Crippen LogP contribution >= 0.6 is 0 Å². The summed E-state index contributed by atoms with van der Waals surface area (Å²) < 4.78 is 13.4. The van der Waals surface area contributed by atoms with Crippen LogP contribution in [0.4, 0.5) is 4.39 Å². The number of aliphatic hydroxyl groups is 2. The summed E-state index contributed by atoms with van der Waals surface area (Å²) in [6, 6.07) is 2.83. The fraction of sp³-hybridized carbons (Fsp3) is 0.536. The first-order valence-electron chi connectivity index (χ1n) is 13.0. The van der Waals surface area contributed by atoms with E-state index in [1.807, 2.05) is 17.9 Å². The Morgan fingerprint density at radius 2 is 1.87 bits per heavy atom. The first kappa shape index (κ1) is 27.8. The van der Waals surface area contributed by atoms with Crippen molar-refractivity contribution < 1.29 is 34.1 Å². The molecule has 0 saturated heterocycles. The van der Waals surface area contributed by atoms with Crippen LogP contribution in [0.25, 0.3) is 5.76 Å². The molecule has 1 fully saturated rings. The Labute approximate surface area is 221 Å². The van der Waals surface area contributed by atoms with Crippen molar-refractivity contribution in [3.8, 4) is 5.75 Å². The number of Topliss-reactive ketones (excluding diaryl/α,β-unsaturated/α-hetero) is 2. The van der Waals surface area contributed by atoms with Crippen molar-refractivity contribution in [1.82, 2.24) is 9.80 Å². The zero-order chi connectivity index (χ0) is 28.0. The largest absolute Gasteiger partial charge is 0.510 e. The minimum Gasteiger partial charge on any atom is -0.510 e. The molecule has 0 aromatic heterocycles. The van der Waals surface area contributed by atoms with Crippen LogP contribution in [0.2, 0.25) is 0 Å². The molecule has 1 aromatic rings. The van der Waals surface area contributed by atoms with Gasteiger partial charge in [0.05, 0.1) is 23.7 Å². The predicted octanol–water partition coefficient (Wildman–Crippen LogP) is 2.42. The molecule has 3 aliphatic carbocycles. The van der Waals surface area contributed by atoms with Gasteiger partial charge < -0.3 is 21.1 Å². The number of nitrogens with two attached hydrogens (primary N) is 1. The van der Waals surface area contributed by atoms with Crippen LogP contribution in [0.5, 0.6) is 5.75 Å². The van der Waals surface area contributed by atoms with Gasteiger partial charge in [-0.15, -0.1) is 0 Å².